The minimum atomic E-state index is -4.11. The largest absolute Gasteiger partial charge is 0.391 e. The highest BCUT2D eigenvalue weighted by Crippen LogP contribution is 2.32. The fourth-order valence-corrected chi connectivity index (χ4v) is 2.69. The molecule has 0 aromatic heterocycles. The normalized spacial score (nSPS) is 28.3. The molecule has 3 atom stereocenters. The number of hydrogen-bond acceptors (Lipinski definition) is 2. The van der Waals surface area contributed by atoms with E-state index in [0.717, 1.165) is 13.0 Å². The fourth-order valence-electron chi connectivity index (χ4n) is 2.69. The van der Waals surface area contributed by atoms with Crippen molar-refractivity contribution in [3.8, 4) is 0 Å². The molecule has 0 aromatic rings. The molecule has 1 fully saturated rings. The van der Waals surface area contributed by atoms with Crippen molar-refractivity contribution in [1.82, 2.24) is 4.90 Å². The molecule has 1 aliphatic rings. The summed E-state index contributed by atoms with van der Waals surface area (Å²) in [5.41, 5.74) is 5.27. The van der Waals surface area contributed by atoms with Crippen molar-refractivity contribution >= 4 is 0 Å². The summed E-state index contributed by atoms with van der Waals surface area (Å²) in [6.45, 7) is 5.84. The lowest BCUT2D eigenvalue weighted by Gasteiger charge is -2.37. The van der Waals surface area contributed by atoms with Crippen LogP contribution in [-0.4, -0.2) is 36.8 Å². The second-order valence-electron chi connectivity index (χ2n) is 5.63. The summed E-state index contributed by atoms with van der Waals surface area (Å²) in [7, 11) is 0. The third-order valence-electron chi connectivity index (χ3n) is 3.99. The third-order valence-corrected chi connectivity index (χ3v) is 3.99. The quantitative estimate of drug-likeness (QED) is 0.828. The van der Waals surface area contributed by atoms with Gasteiger partial charge in [0.05, 0.1) is 5.92 Å². The van der Waals surface area contributed by atoms with Gasteiger partial charge < -0.3 is 10.6 Å². The molecule has 2 nitrogen and oxygen atoms in total. The molecule has 0 aliphatic carbocycles. The topological polar surface area (TPSA) is 29.3 Å². The molecule has 18 heavy (non-hydrogen) atoms. The lowest BCUT2D eigenvalue weighted by atomic mass is 9.93. The number of halogens is 3. The van der Waals surface area contributed by atoms with Gasteiger partial charge in [0.25, 0.3) is 0 Å². The van der Waals surface area contributed by atoms with E-state index in [-0.39, 0.29) is 19.4 Å². The molecule has 1 saturated heterocycles. The monoisotopic (exact) mass is 266 g/mol. The summed E-state index contributed by atoms with van der Waals surface area (Å²) < 4.78 is 38.3. The second kappa shape index (κ2) is 6.75. The molecule has 1 aliphatic heterocycles. The van der Waals surface area contributed by atoms with Gasteiger partial charge in [-0.15, -0.1) is 0 Å². The molecule has 108 valence electrons. The summed E-state index contributed by atoms with van der Waals surface area (Å²) >= 11 is 0. The summed E-state index contributed by atoms with van der Waals surface area (Å²) in [5.74, 6) is -0.646. The summed E-state index contributed by atoms with van der Waals surface area (Å²) in [5, 5.41) is 0. The average Bonchev–Trinajstić information content (AvgIpc) is 2.27. The Morgan fingerprint density at radius 1 is 1.22 bits per heavy atom. The first-order valence-corrected chi connectivity index (χ1v) is 6.85. The predicted octanol–water partition coefficient (Wildman–Crippen LogP) is 3.02. The molecule has 0 amide bonds. The number of alkyl halides is 3. The average molecular weight is 266 g/mol. The molecular formula is C13H25F3N2. The van der Waals surface area contributed by atoms with Gasteiger partial charge in [-0.25, -0.2) is 0 Å². The van der Waals surface area contributed by atoms with E-state index in [9.17, 15) is 13.2 Å². The molecule has 3 unspecified atom stereocenters. The Balaban J connectivity index is 2.45. The van der Waals surface area contributed by atoms with Gasteiger partial charge in [0.2, 0.25) is 0 Å². The Kier molecular flexibility index (Phi) is 5.92. The first-order chi connectivity index (χ1) is 8.34. The van der Waals surface area contributed by atoms with Crippen LogP contribution in [0.5, 0.6) is 0 Å². The highest BCUT2D eigenvalue weighted by molar-refractivity contribution is 4.79. The van der Waals surface area contributed by atoms with Crippen LogP contribution < -0.4 is 5.73 Å². The van der Waals surface area contributed by atoms with E-state index in [1.807, 2.05) is 0 Å². The Labute approximate surface area is 108 Å². The lowest BCUT2D eigenvalue weighted by molar-refractivity contribution is -0.178. The molecule has 0 saturated carbocycles. The molecule has 5 heteroatoms. The molecule has 0 aromatic carbocycles. The van der Waals surface area contributed by atoms with Crippen LogP contribution in [0, 0.1) is 11.8 Å². The number of hydrogen-bond donors (Lipinski definition) is 1. The van der Waals surface area contributed by atoms with Gasteiger partial charge in [0.15, 0.2) is 0 Å². The van der Waals surface area contributed by atoms with Crippen LogP contribution >= 0.6 is 0 Å². The first-order valence-electron chi connectivity index (χ1n) is 6.85. The van der Waals surface area contributed by atoms with Gasteiger partial charge in [-0.1, -0.05) is 6.92 Å². The van der Waals surface area contributed by atoms with Gasteiger partial charge in [-0.05, 0) is 51.6 Å². The zero-order chi connectivity index (χ0) is 13.8. The number of rotatable bonds is 5. The highest BCUT2D eigenvalue weighted by atomic mass is 19.4. The van der Waals surface area contributed by atoms with Crippen LogP contribution in [0.15, 0.2) is 0 Å². The molecule has 0 spiro atoms. The zero-order valence-electron chi connectivity index (χ0n) is 11.3. The van der Waals surface area contributed by atoms with Crippen LogP contribution in [0.2, 0.25) is 0 Å². The van der Waals surface area contributed by atoms with E-state index >= 15 is 0 Å². The Bertz CT molecular complexity index is 243. The smallest absolute Gasteiger partial charge is 0.330 e. The van der Waals surface area contributed by atoms with Gasteiger partial charge in [-0.3, -0.25) is 0 Å². The van der Waals surface area contributed by atoms with E-state index in [1.165, 1.54) is 6.42 Å². The van der Waals surface area contributed by atoms with Crippen LogP contribution in [0.1, 0.15) is 39.5 Å². The van der Waals surface area contributed by atoms with Gasteiger partial charge in [-0.2, -0.15) is 13.2 Å². The van der Waals surface area contributed by atoms with Crippen molar-refractivity contribution in [3.63, 3.8) is 0 Å². The summed E-state index contributed by atoms with van der Waals surface area (Å²) in [6, 6.07) is 0.410. The van der Waals surface area contributed by atoms with Crippen molar-refractivity contribution in [1.29, 1.82) is 0 Å². The molecular weight excluding hydrogens is 241 g/mol. The molecule has 1 heterocycles. The van der Waals surface area contributed by atoms with Crippen molar-refractivity contribution in [2.24, 2.45) is 17.6 Å². The van der Waals surface area contributed by atoms with E-state index in [2.05, 4.69) is 18.7 Å². The van der Waals surface area contributed by atoms with Crippen LogP contribution in [0.4, 0.5) is 13.2 Å². The summed E-state index contributed by atoms with van der Waals surface area (Å²) in [4.78, 5) is 2.20. The lowest BCUT2D eigenvalue weighted by Crippen LogP contribution is -2.42. The van der Waals surface area contributed by atoms with Crippen molar-refractivity contribution in [2.75, 3.05) is 19.6 Å². The van der Waals surface area contributed by atoms with Gasteiger partial charge in [0, 0.05) is 12.6 Å². The number of likely N-dealkylation sites (tertiary alicyclic amines) is 1. The minimum absolute atomic E-state index is 0.0429. The number of piperidine rings is 1. The van der Waals surface area contributed by atoms with Gasteiger partial charge >= 0.3 is 6.18 Å². The third kappa shape index (κ3) is 4.76. The molecule has 1 rings (SSSR count). The highest BCUT2D eigenvalue weighted by Gasteiger charge is 2.39. The maximum absolute atomic E-state index is 12.8. The van der Waals surface area contributed by atoms with Crippen molar-refractivity contribution < 1.29 is 13.2 Å². The van der Waals surface area contributed by atoms with E-state index in [4.69, 9.17) is 5.73 Å². The van der Waals surface area contributed by atoms with Gasteiger partial charge in [0.1, 0.15) is 0 Å². The SMILES string of the molecule is CC1CCC(C)N(CCC(CCN)C(F)(F)F)C1. The molecule has 0 bridgehead atoms. The first kappa shape index (κ1) is 15.8. The summed E-state index contributed by atoms with van der Waals surface area (Å²) in [6.07, 6.45) is -1.61. The fraction of sp³-hybridized carbons (Fsp3) is 1.00. The van der Waals surface area contributed by atoms with Crippen molar-refractivity contribution in [3.05, 3.63) is 0 Å². The maximum atomic E-state index is 12.8. The van der Waals surface area contributed by atoms with Crippen LogP contribution in [-0.2, 0) is 0 Å². The van der Waals surface area contributed by atoms with E-state index in [1.54, 1.807) is 0 Å². The molecule has 2 N–H and O–H groups in total. The van der Waals surface area contributed by atoms with Crippen LogP contribution in [0.3, 0.4) is 0 Å². The van der Waals surface area contributed by atoms with Crippen molar-refractivity contribution in [2.45, 2.75) is 51.7 Å². The zero-order valence-corrected chi connectivity index (χ0v) is 11.3. The molecule has 0 radical (unpaired) electrons. The number of nitrogens with zero attached hydrogens (tertiary/aromatic N) is 1. The Hall–Kier alpha value is -0.290. The Morgan fingerprint density at radius 2 is 1.89 bits per heavy atom. The standard InChI is InChI=1S/C13H25F3N2/c1-10-3-4-11(2)18(9-10)8-6-12(5-7-17)13(14,15)16/h10-12H,3-9,17H2,1-2H3. The van der Waals surface area contributed by atoms with Crippen LogP contribution in [0.25, 0.3) is 0 Å². The minimum Gasteiger partial charge on any atom is -0.330 e. The predicted molar refractivity (Wildman–Crippen MR) is 67.3 cm³/mol. The van der Waals surface area contributed by atoms with E-state index in [0.29, 0.717) is 18.5 Å². The maximum Gasteiger partial charge on any atom is 0.391 e. The van der Waals surface area contributed by atoms with E-state index < -0.39 is 12.1 Å². The number of nitrogens with two attached hydrogens (primary N) is 1. The Morgan fingerprint density at radius 3 is 2.44 bits per heavy atom. The second-order valence-corrected chi connectivity index (χ2v) is 5.63.